The van der Waals surface area contributed by atoms with Gasteiger partial charge in [-0.3, -0.25) is 9.59 Å². The topological polar surface area (TPSA) is 72.2 Å². The average molecular weight is 334 g/mol. The summed E-state index contributed by atoms with van der Waals surface area (Å²) in [6.45, 7) is 2.21. The van der Waals surface area contributed by atoms with Crippen molar-refractivity contribution in [3.8, 4) is 0 Å². The molecular formula is C18H26N2O2S. The summed E-state index contributed by atoms with van der Waals surface area (Å²) < 4.78 is 0. The van der Waals surface area contributed by atoms with Gasteiger partial charge in [0.25, 0.3) is 5.91 Å². The van der Waals surface area contributed by atoms with Crippen LogP contribution in [0.3, 0.4) is 0 Å². The van der Waals surface area contributed by atoms with Gasteiger partial charge >= 0.3 is 0 Å². The molecular weight excluding hydrogens is 308 g/mol. The number of primary amides is 1. The smallest absolute Gasteiger partial charge is 0.251 e. The molecule has 1 saturated carbocycles. The SMILES string of the molecule is CCCC1CCc2c(sc(NC(=O)C3CCCC3)c2C(N)=O)C1. The monoisotopic (exact) mass is 334 g/mol. The Morgan fingerprint density at radius 1 is 1.26 bits per heavy atom. The Morgan fingerprint density at radius 2 is 2.00 bits per heavy atom. The summed E-state index contributed by atoms with van der Waals surface area (Å²) in [7, 11) is 0. The van der Waals surface area contributed by atoms with Gasteiger partial charge in [-0.25, -0.2) is 0 Å². The zero-order valence-electron chi connectivity index (χ0n) is 13.8. The lowest BCUT2D eigenvalue weighted by Crippen LogP contribution is -2.23. The molecule has 5 heteroatoms. The molecule has 3 N–H and O–H groups in total. The van der Waals surface area contributed by atoms with Crippen molar-refractivity contribution in [2.24, 2.45) is 17.6 Å². The van der Waals surface area contributed by atoms with E-state index in [-0.39, 0.29) is 11.8 Å². The number of thiophene rings is 1. The van der Waals surface area contributed by atoms with E-state index in [0.717, 1.165) is 50.5 Å². The van der Waals surface area contributed by atoms with Crippen molar-refractivity contribution in [2.75, 3.05) is 5.32 Å². The molecule has 2 amide bonds. The number of carbonyl (C=O) groups excluding carboxylic acids is 2. The quantitative estimate of drug-likeness (QED) is 0.857. The Balaban J connectivity index is 1.82. The summed E-state index contributed by atoms with van der Waals surface area (Å²) in [5.41, 5.74) is 7.29. The number of nitrogens with one attached hydrogen (secondary N) is 1. The molecule has 0 spiro atoms. The van der Waals surface area contributed by atoms with Gasteiger partial charge in [0.05, 0.1) is 5.56 Å². The minimum absolute atomic E-state index is 0.0636. The highest BCUT2D eigenvalue weighted by Gasteiger charge is 2.30. The van der Waals surface area contributed by atoms with Gasteiger partial charge in [0.1, 0.15) is 5.00 Å². The molecule has 1 unspecified atom stereocenters. The molecule has 0 aliphatic heterocycles. The normalized spacial score (nSPS) is 21.2. The molecule has 0 saturated heterocycles. The van der Waals surface area contributed by atoms with Gasteiger partial charge in [-0.05, 0) is 43.6 Å². The maximum Gasteiger partial charge on any atom is 0.251 e. The second kappa shape index (κ2) is 7.04. The van der Waals surface area contributed by atoms with Crippen LogP contribution in [0.5, 0.6) is 0 Å². The number of amides is 2. The average Bonchev–Trinajstić information content (AvgIpc) is 3.14. The van der Waals surface area contributed by atoms with E-state index in [9.17, 15) is 9.59 Å². The number of fused-ring (bicyclic) bond motifs is 1. The first-order valence-corrected chi connectivity index (χ1v) is 9.67. The molecule has 1 aromatic rings. The lowest BCUT2D eigenvalue weighted by atomic mass is 9.84. The molecule has 1 heterocycles. The van der Waals surface area contributed by atoms with Crippen molar-refractivity contribution in [3.63, 3.8) is 0 Å². The van der Waals surface area contributed by atoms with Gasteiger partial charge in [-0.1, -0.05) is 32.6 Å². The highest BCUT2D eigenvalue weighted by Crippen LogP contribution is 2.41. The second-order valence-corrected chi connectivity index (χ2v) is 8.05. The van der Waals surface area contributed by atoms with Crippen LogP contribution in [0.25, 0.3) is 0 Å². The summed E-state index contributed by atoms with van der Waals surface area (Å²) in [4.78, 5) is 25.6. The Kier molecular flexibility index (Phi) is 5.05. The first-order valence-electron chi connectivity index (χ1n) is 8.85. The number of anilines is 1. The maximum absolute atomic E-state index is 12.4. The Bertz CT molecular complexity index is 602. The molecule has 1 fully saturated rings. The van der Waals surface area contributed by atoms with E-state index in [2.05, 4.69) is 12.2 Å². The van der Waals surface area contributed by atoms with Crippen molar-refractivity contribution in [1.82, 2.24) is 0 Å². The first-order chi connectivity index (χ1) is 11.1. The third-order valence-electron chi connectivity index (χ3n) is 5.27. The number of hydrogen-bond acceptors (Lipinski definition) is 3. The van der Waals surface area contributed by atoms with Crippen LogP contribution in [0, 0.1) is 11.8 Å². The number of carbonyl (C=O) groups is 2. The summed E-state index contributed by atoms with van der Waals surface area (Å²) in [6, 6.07) is 0. The standard InChI is InChI=1S/C18H26N2O2S/c1-2-5-11-8-9-13-14(10-11)23-18(15(13)16(19)21)20-17(22)12-6-3-4-7-12/h11-12H,2-10H2,1H3,(H2,19,21)(H,20,22). The van der Waals surface area contributed by atoms with Crippen LogP contribution >= 0.6 is 11.3 Å². The van der Waals surface area contributed by atoms with Crippen LogP contribution < -0.4 is 11.1 Å². The molecule has 2 aliphatic rings. The van der Waals surface area contributed by atoms with Gasteiger partial charge < -0.3 is 11.1 Å². The van der Waals surface area contributed by atoms with Crippen LogP contribution in [0.4, 0.5) is 5.00 Å². The lowest BCUT2D eigenvalue weighted by Gasteiger charge is -2.21. The molecule has 0 bridgehead atoms. The maximum atomic E-state index is 12.4. The summed E-state index contributed by atoms with van der Waals surface area (Å²) in [5.74, 6) is 0.458. The minimum atomic E-state index is -0.404. The third-order valence-corrected chi connectivity index (χ3v) is 6.44. The zero-order valence-corrected chi connectivity index (χ0v) is 14.6. The fraction of sp³-hybridized carbons (Fsp3) is 0.667. The number of nitrogens with two attached hydrogens (primary N) is 1. The molecule has 0 aromatic carbocycles. The lowest BCUT2D eigenvalue weighted by molar-refractivity contribution is -0.119. The Labute approximate surface area is 141 Å². The minimum Gasteiger partial charge on any atom is -0.365 e. The van der Waals surface area contributed by atoms with Crippen molar-refractivity contribution < 1.29 is 9.59 Å². The molecule has 23 heavy (non-hydrogen) atoms. The van der Waals surface area contributed by atoms with E-state index in [1.165, 1.54) is 17.7 Å². The number of rotatable bonds is 5. The van der Waals surface area contributed by atoms with Crippen molar-refractivity contribution >= 4 is 28.2 Å². The molecule has 4 nitrogen and oxygen atoms in total. The van der Waals surface area contributed by atoms with Crippen molar-refractivity contribution in [3.05, 3.63) is 16.0 Å². The molecule has 0 radical (unpaired) electrons. The molecule has 1 atom stereocenters. The molecule has 2 aliphatic carbocycles. The van der Waals surface area contributed by atoms with Crippen LogP contribution in [0.1, 0.15) is 72.7 Å². The fourth-order valence-corrected chi connectivity index (χ4v) is 5.43. The van der Waals surface area contributed by atoms with Crippen LogP contribution in [-0.2, 0) is 17.6 Å². The van der Waals surface area contributed by atoms with Crippen LogP contribution in [0.2, 0.25) is 0 Å². The van der Waals surface area contributed by atoms with E-state index in [4.69, 9.17) is 5.73 Å². The predicted octanol–water partition coefficient (Wildman–Crippen LogP) is 3.88. The first kappa shape index (κ1) is 16.5. The highest BCUT2D eigenvalue weighted by atomic mass is 32.1. The highest BCUT2D eigenvalue weighted by molar-refractivity contribution is 7.17. The van der Waals surface area contributed by atoms with E-state index < -0.39 is 5.91 Å². The largest absolute Gasteiger partial charge is 0.365 e. The van der Waals surface area contributed by atoms with Gasteiger partial charge in [0, 0.05) is 10.8 Å². The molecule has 3 rings (SSSR count). The van der Waals surface area contributed by atoms with Gasteiger partial charge in [-0.2, -0.15) is 0 Å². The van der Waals surface area contributed by atoms with E-state index in [1.54, 1.807) is 11.3 Å². The van der Waals surface area contributed by atoms with E-state index >= 15 is 0 Å². The summed E-state index contributed by atoms with van der Waals surface area (Å²) >= 11 is 1.57. The fourth-order valence-electron chi connectivity index (χ4n) is 4.06. The summed E-state index contributed by atoms with van der Waals surface area (Å²) in [6.07, 6.45) is 9.64. The summed E-state index contributed by atoms with van der Waals surface area (Å²) in [5, 5.41) is 3.71. The van der Waals surface area contributed by atoms with E-state index in [1.807, 2.05) is 0 Å². The van der Waals surface area contributed by atoms with Crippen LogP contribution in [-0.4, -0.2) is 11.8 Å². The zero-order chi connectivity index (χ0) is 16.4. The van der Waals surface area contributed by atoms with Gasteiger partial charge in [0.15, 0.2) is 0 Å². The molecule has 1 aromatic heterocycles. The molecule has 126 valence electrons. The van der Waals surface area contributed by atoms with Crippen molar-refractivity contribution in [2.45, 2.75) is 64.7 Å². The third kappa shape index (κ3) is 3.44. The Morgan fingerprint density at radius 3 is 2.65 bits per heavy atom. The second-order valence-electron chi connectivity index (χ2n) is 6.94. The predicted molar refractivity (Wildman–Crippen MR) is 93.8 cm³/mol. The van der Waals surface area contributed by atoms with Crippen LogP contribution in [0.15, 0.2) is 0 Å². The van der Waals surface area contributed by atoms with Gasteiger partial charge in [0.2, 0.25) is 5.91 Å². The number of hydrogen-bond donors (Lipinski definition) is 2. The van der Waals surface area contributed by atoms with E-state index in [0.29, 0.717) is 16.5 Å². The van der Waals surface area contributed by atoms with Gasteiger partial charge in [-0.15, -0.1) is 11.3 Å². The Hall–Kier alpha value is -1.36. The van der Waals surface area contributed by atoms with Crippen molar-refractivity contribution in [1.29, 1.82) is 0 Å².